The van der Waals surface area contributed by atoms with E-state index in [4.69, 9.17) is 10.2 Å². The SMILES string of the molecule is O=C([O-])CC(O)C(=O)[O-].O=C([O-])CC(O)C(=O)[O-].[Li+].[Li+].[Li+].[Li+]. The number of carbonyl (C=O) groups excluding carboxylic acids is 4. The molecule has 2 atom stereocenters. The van der Waals surface area contributed by atoms with Gasteiger partial charge in [-0.3, -0.25) is 0 Å². The van der Waals surface area contributed by atoms with Gasteiger partial charge in [-0.2, -0.15) is 0 Å². The van der Waals surface area contributed by atoms with Crippen molar-refractivity contribution in [2.45, 2.75) is 25.0 Å². The summed E-state index contributed by atoms with van der Waals surface area (Å²) < 4.78 is 0. The molecule has 0 rings (SSSR count). The van der Waals surface area contributed by atoms with Crippen molar-refractivity contribution in [2.24, 2.45) is 0 Å². The standard InChI is InChI=1S/2C4H6O5.4Li/c2*5-2(4(8)9)1-3(6)7;;;;/h2*2,5H,1H2,(H,6,7)(H,8,9);;;;/q;;4*+1/p-4. The molecule has 0 aromatic heterocycles. The van der Waals surface area contributed by atoms with Crippen LogP contribution in [0.2, 0.25) is 0 Å². The molecule has 0 aliphatic rings. The second-order valence-electron chi connectivity index (χ2n) is 2.82. The fraction of sp³-hybridized carbons (Fsp3) is 0.500. The van der Waals surface area contributed by atoms with Gasteiger partial charge < -0.3 is 49.8 Å². The maximum absolute atomic E-state index is 9.58. The topological polar surface area (TPSA) is 201 Å². The van der Waals surface area contributed by atoms with Crippen molar-refractivity contribution in [3.8, 4) is 0 Å². The first-order valence-electron chi connectivity index (χ1n) is 4.25. The molecule has 0 amide bonds. The Balaban J connectivity index is -0.0000000492. The Kier molecular flexibility index (Phi) is 36.6. The molecule has 0 heterocycles. The van der Waals surface area contributed by atoms with E-state index in [9.17, 15) is 39.6 Å². The van der Waals surface area contributed by atoms with Crippen molar-refractivity contribution in [2.75, 3.05) is 0 Å². The van der Waals surface area contributed by atoms with Gasteiger partial charge in [-0.25, -0.2) is 0 Å². The summed E-state index contributed by atoms with van der Waals surface area (Å²) in [5.41, 5.74) is 0. The number of carbonyl (C=O) groups is 4. The van der Waals surface area contributed by atoms with Crippen LogP contribution in [0, 0.1) is 0 Å². The van der Waals surface area contributed by atoms with E-state index in [0.717, 1.165) is 0 Å². The summed E-state index contributed by atoms with van der Waals surface area (Å²) in [5.74, 6) is -6.85. The van der Waals surface area contributed by atoms with E-state index in [-0.39, 0.29) is 75.4 Å². The number of aliphatic carboxylic acids is 4. The summed E-state index contributed by atoms with van der Waals surface area (Å²) in [6, 6.07) is 0. The smallest absolute Gasteiger partial charge is 0.550 e. The summed E-state index contributed by atoms with van der Waals surface area (Å²) in [6.45, 7) is 0. The molecule has 2 N–H and O–H groups in total. The molecule has 0 aromatic carbocycles. The zero-order valence-corrected chi connectivity index (χ0v) is 12.7. The molecule has 10 nitrogen and oxygen atoms in total. The quantitative estimate of drug-likeness (QED) is 0.442. The summed E-state index contributed by atoms with van der Waals surface area (Å²) >= 11 is 0. The average molecular weight is 292 g/mol. The third-order valence-electron chi connectivity index (χ3n) is 1.26. The molecule has 0 aromatic rings. The maximum atomic E-state index is 9.58. The first-order valence-corrected chi connectivity index (χ1v) is 4.25. The molecule has 2 unspecified atom stereocenters. The number of hydrogen-bond acceptors (Lipinski definition) is 10. The second kappa shape index (κ2) is 21.2. The Morgan fingerprint density at radius 2 is 0.818 bits per heavy atom. The van der Waals surface area contributed by atoms with E-state index in [1.165, 1.54) is 0 Å². The predicted molar refractivity (Wildman–Crippen MR) is 41.3 cm³/mol. The van der Waals surface area contributed by atoms with Crippen molar-refractivity contribution in [3.63, 3.8) is 0 Å². The van der Waals surface area contributed by atoms with Crippen LogP contribution >= 0.6 is 0 Å². The minimum Gasteiger partial charge on any atom is -0.550 e. The Morgan fingerprint density at radius 1 is 0.636 bits per heavy atom. The first kappa shape index (κ1) is 38.0. The van der Waals surface area contributed by atoms with Crippen LogP contribution in [0.4, 0.5) is 0 Å². The second-order valence-corrected chi connectivity index (χ2v) is 2.82. The molecule has 104 valence electrons. The van der Waals surface area contributed by atoms with Gasteiger partial charge >= 0.3 is 75.4 Å². The van der Waals surface area contributed by atoms with E-state index in [1.54, 1.807) is 0 Å². The van der Waals surface area contributed by atoms with Crippen molar-refractivity contribution >= 4 is 23.9 Å². The zero-order chi connectivity index (χ0) is 14.9. The van der Waals surface area contributed by atoms with Gasteiger partial charge in [0.1, 0.15) is 0 Å². The van der Waals surface area contributed by atoms with Gasteiger partial charge in [0, 0.05) is 24.8 Å². The molecule has 0 aliphatic heterocycles. The average Bonchev–Trinajstić information content (AvgIpc) is 2.16. The summed E-state index contributed by atoms with van der Waals surface area (Å²) in [6.07, 6.45) is -5.78. The van der Waals surface area contributed by atoms with E-state index >= 15 is 0 Å². The first-order chi connectivity index (χ1) is 8.07. The van der Waals surface area contributed by atoms with Crippen molar-refractivity contribution < 1.29 is 125 Å². The summed E-state index contributed by atoms with van der Waals surface area (Å²) in [7, 11) is 0. The van der Waals surface area contributed by atoms with Gasteiger partial charge in [0.2, 0.25) is 0 Å². The molecule has 0 aliphatic carbocycles. The fourth-order valence-electron chi connectivity index (χ4n) is 0.482. The van der Waals surface area contributed by atoms with Crippen LogP contribution in [0.25, 0.3) is 0 Å². The summed E-state index contributed by atoms with van der Waals surface area (Å²) in [5, 5.41) is 54.7. The third kappa shape index (κ3) is 28.4. The number of aliphatic hydroxyl groups excluding tert-OH is 2. The van der Waals surface area contributed by atoms with Crippen LogP contribution in [0.3, 0.4) is 0 Å². The van der Waals surface area contributed by atoms with E-state index < -0.39 is 48.9 Å². The predicted octanol–water partition coefficient (Wildman–Crippen LogP) is -19.5. The number of hydrogen-bond donors (Lipinski definition) is 2. The molecule has 0 bridgehead atoms. The van der Waals surface area contributed by atoms with E-state index in [2.05, 4.69) is 0 Å². The van der Waals surface area contributed by atoms with Gasteiger partial charge in [0.15, 0.2) is 0 Å². The molecule has 0 saturated carbocycles. The molecule has 22 heavy (non-hydrogen) atoms. The van der Waals surface area contributed by atoms with Crippen LogP contribution in [0.1, 0.15) is 12.8 Å². The Bertz CT molecular complexity index is 305. The number of rotatable bonds is 6. The molecule has 0 saturated heterocycles. The van der Waals surface area contributed by atoms with Crippen molar-refractivity contribution in [1.29, 1.82) is 0 Å². The summed E-state index contributed by atoms with van der Waals surface area (Å²) in [4.78, 5) is 38.3. The van der Waals surface area contributed by atoms with E-state index in [0.29, 0.717) is 0 Å². The number of aliphatic hydroxyl groups is 2. The number of carboxylic acids is 4. The largest absolute Gasteiger partial charge is 1.00 e. The molecular weight excluding hydrogens is 284 g/mol. The molecule has 0 spiro atoms. The van der Waals surface area contributed by atoms with Crippen LogP contribution in [0.15, 0.2) is 0 Å². The van der Waals surface area contributed by atoms with Crippen LogP contribution in [-0.4, -0.2) is 46.3 Å². The van der Waals surface area contributed by atoms with Gasteiger partial charge in [-0.1, -0.05) is 0 Å². The molecule has 14 heteroatoms. The normalized spacial score (nSPS) is 10.3. The third-order valence-corrected chi connectivity index (χ3v) is 1.26. The van der Waals surface area contributed by atoms with Gasteiger partial charge in [0.25, 0.3) is 0 Å². The van der Waals surface area contributed by atoms with Crippen LogP contribution < -0.4 is 95.9 Å². The Labute approximate surface area is 173 Å². The Hall–Kier alpha value is 0.190. The van der Waals surface area contributed by atoms with Gasteiger partial charge in [-0.05, 0) is 0 Å². The minimum absolute atomic E-state index is 0. The van der Waals surface area contributed by atoms with Gasteiger partial charge in [-0.15, -0.1) is 0 Å². The molecular formula is C8H8Li4O10. The van der Waals surface area contributed by atoms with Gasteiger partial charge in [0.05, 0.1) is 24.1 Å². The number of carboxylic acid groups (broad SMARTS) is 4. The monoisotopic (exact) mass is 292 g/mol. The van der Waals surface area contributed by atoms with Crippen molar-refractivity contribution in [3.05, 3.63) is 0 Å². The van der Waals surface area contributed by atoms with Crippen LogP contribution in [-0.2, 0) is 19.2 Å². The van der Waals surface area contributed by atoms with E-state index in [1.807, 2.05) is 0 Å². The van der Waals surface area contributed by atoms with Crippen molar-refractivity contribution in [1.82, 2.24) is 0 Å². The fourth-order valence-corrected chi connectivity index (χ4v) is 0.482. The van der Waals surface area contributed by atoms with Crippen LogP contribution in [0.5, 0.6) is 0 Å². The molecule has 0 fully saturated rings. The maximum Gasteiger partial charge on any atom is 1.00 e. The zero-order valence-electron chi connectivity index (χ0n) is 12.7. The minimum atomic E-state index is -1.96. The Morgan fingerprint density at radius 3 is 0.864 bits per heavy atom. The molecule has 0 radical (unpaired) electrons.